The normalized spacial score (nSPS) is 20.9. The summed E-state index contributed by atoms with van der Waals surface area (Å²) in [6, 6.07) is 10.2. The standard InChI is InChI=1S/C25H32N2O5/c1-2-3-4-5-6-7-8-17-9-11-18(12-10-17)21-13-19-15-27(25(30)26-24(19)32-21)23-14-20(29)22(16-28)31-23/h9-13,15,20,22-23,28-29H,2-8,14,16H2,1H3/t20-,22+,23+/m0/s1. The van der Waals surface area contributed by atoms with Crippen LogP contribution in [-0.2, 0) is 11.2 Å². The number of aryl methyl sites for hydroxylation is 1. The summed E-state index contributed by atoms with van der Waals surface area (Å²) in [6.07, 6.45) is 8.49. The molecule has 7 heteroatoms. The largest absolute Gasteiger partial charge is 0.437 e. The van der Waals surface area contributed by atoms with Gasteiger partial charge in [0, 0.05) is 18.2 Å². The van der Waals surface area contributed by atoms with Crippen molar-refractivity contribution in [2.75, 3.05) is 6.61 Å². The first-order valence-corrected chi connectivity index (χ1v) is 11.7. The predicted octanol–water partition coefficient (Wildman–Crippen LogP) is 4.20. The highest BCUT2D eigenvalue weighted by Crippen LogP contribution is 2.30. The molecule has 1 aromatic carbocycles. The van der Waals surface area contributed by atoms with Gasteiger partial charge in [-0.2, -0.15) is 4.98 Å². The molecule has 172 valence electrons. The molecule has 1 aliphatic rings. The average molecular weight is 441 g/mol. The van der Waals surface area contributed by atoms with Gasteiger partial charge >= 0.3 is 5.69 Å². The van der Waals surface area contributed by atoms with Gasteiger partial charge in [0.2, 0.25) is 5.71 Å². The molecule has 3 aromatic rings. The van der Waals surface area contributed by atoms with Gasteiger partial charge in [-0.3, -0.25) is 4.57 Å². The van der Waals surface area contributed by atoms with Crippen molar-refractivity contribution >= 4 is 11.1 Å². The fraction of sp³-hybridized carbons (Fsp3) is 0.520. The molecule has 32 heavy (non-hydrogen) atoms. The molecule has 3 heterocycles. The molecule has 0 radical (unpaired) electrons. The quantitative estimate of drug-likeness (QED) is 0.459. The summed E-state index contributed by atoms with van der Waals surface area (Å²) in [4.78, 5) is 16.5. The van der Waals surface area contributed by atoms with Crippen molar-refractivity contribution in [2.24, 2.45) is 0 Å². The van der Waals surface area contributed by atoms with E-state index in [1.54, 1.807) is 6.20 Å². The first kappa shape index (κ1) is 22.7. The fourth-order valence-electron chi connectivity index (χ4n) is 4.27. The molecule has 0 unspecified atom stereocenters. The molecule has 3 atom stereocenters. The second kappa shape index (κ2) is 10.4. The molecule has 0 spiro atoms. The summed E-state index contributed by atoms with van der Waals surface area (Å²) >= 11 is 0. The van der Waals surface area contributed by atoms with E-state index in [9.17, 15) is 15.0 Å². The van der Waals surface area contributed by atoms with E-state index in [2.05, 4.69) is 24.0 Å². The van der Waals surface area contributed by atoms with Crippen molar-refractivity contribution < 1.29 is 19.4 Å². The zero-order valence-corrected chi connectivity index (χ0v) is 18.6. The highest BCUT2D eigenvalue weighted by Gasteiger charge is 2.35. The minimum atomic E-state index is -0.817. The SMILES string of the molecule is CCCCCCCCc1ccc(-c2cc3cn([C@H]4C[C@H](O)[C@@H](CO)O4)c(=O)nc3o2)cc1. The Hall–Kier alpha value is -2.48. The van der Waals surface area contributed by atoms with Crippen molar-refractivity contribution in [3.05, 3.63) is 52.6 Å². The lowest BCUT2D eigenvalue weighted by Gasteiger charge is -2.13. The molecule has 2 aromatic heterocycles. The molecule has 0 bridgehead atoms. The average Bonchev–Trinajstić information content (AvgIpc) is 3.38. The summed E-state index contributed by atoms with van der Waals surface area (Å²) in [5.41, 5.74) is 2.01. The smallest absolute Gasteiger partial charge is 0.353 e. The number of furan rings is 1. The Kier molecular flexibility index (Phi) is 7.40. The van der Waals surface area contributed by atoms with E-state index in [1.807, 2.05) is 18.2 Å². The van der Waals surface area contributed by atoms with Gasteiger partial charge in [-0.05, 0) is 24.5 Å². The number of unbranched alkanes of at least 4 members (excludes halogenated alkanes) is 5. The summed E-state index contributed by atoms with van der Waals surface area (Å²) < 4.78 is 12.8. The Morgan fingerprint density at radius 1 is 1.12 bits per heavy atom. The summed E-state index contributed by atoms with van der Waals surface area (Å²) in [5, 5.41) is 19.9. The maximum atomic E-state index is 12.5. The van der Waals surface area contributed by atoms with Crippen LogP contribution in [0.1, 0.15) is 63.7 Å². The van der Waals surface area contributed by atoms with Crippen LogP contribution in [0.2, 0.25) is 0 Å². The van der Waals surface area contributed by atoms with Crippen LogP contribution in [0.4, 0.5) is 0 Å². The van der Waals surface area contributed by atoms with E-state index < -0.39 is 24.1 Å². The van der Waals surface area contributed by atoms with Crippen molar-refractivity contribution in [2.45, 2.75) is 76.7 Å². The van der Waals surface area contributed by atoms with Gasteiger partial charge in [0.1, 0.15) is 18.1 Å². The number of aliphatic hydroxyl groups excluding tert-OH is 2. The van der Waals surface area contributed by atoms with Gasteiger partial charge < -0.3 is 19.4 Å². The summed E-state index contributed by atoms with van der Waals surface area (Å²) in [5.74, 6) is 0.649. The Balaban J connectivity index is 1.44. The summed E-state index contributed by atoms with van der Waals surface area (Å²) in [6.45, 7) is 1.94. The minimum absolute atomic E-state index is 0.225. The van der Waals surface area contributed by atoms with Crippen LogP contribution in [0.15, 0.2) is 45.7 Å². The van der Waals surface area contributed by atoms with Crippen LogP contribution >= 0.6 is 0 Å². The molecule has 0 aliphatic carbocycles. The molecule has 0 saturated carbocycles. The van der Waals surface area contributed by atoms with E-state index in [4.69, 9.17) is 9.15 Å². The highest BCUT2D eigenvalue weighted by molar-refractivity contribution is 5.79. The lowest BCUT2D eigenvalue weighted by atomic mass is 10.0. The Bertz CT molecular complexity index is 1070. The lowest BCUT2D eigenvalue weighted by molar-refractivity contribution is -0.0457. The van der Waals surface area contributed by atoms with Crippen LogP contribution < -0.4 is 5.69 Å². The van der Waals surface area contributed by atoms with Gasteiger partial charge in [0.05, 0.1) is 18.1 Å². The number of rotatable bonds is 10. The summed E-state index contributed by atoms with van der Waals surface area (Å²) in [7, 11) is 0. The zero-order chi connectivity index (χ0) is 22.5. The molecule has 7 nitrogen and oxygen atoms in total. The number of benzene rings is 1. The van der Waals surface area contributed by atoms with Crippen molar-refractivity contribution in [3.8, 4) is 11.3 Å². The van der Waals surface area contributed by atoms with E-state index in [1.165, 1.54) is 48.7 Å². The Labute approximate surface area is 187 Å². The lowest BCUT2D eigenvalue weighted by Crippen LogP contribution is -2.27. The molecule has 2 N–H and O–H groups in total. The monoisotopic (exact) mass is 440 g/mol. The van der Waals surface area contributed by atoms with E-state index in [-0.39, 0.29) is 18.7 Å². The molecule has 1 aliphatic heterocycles. The van der Waals surface area contributed by atoms with Gasteiger partial charge in [-0.1, -0.05) is 63.3 Å². The molecule has 4 rings (SSSR count). The minimum Gasteiger partial charge on any atom is -0.437 e. The topological polar surface area (TPSA) is 97.7 Å². The van der Waals surface area contributed by atoms with Crippen LogP contribution in [0.3, 0.4) is 0 Å². The number of aromatic nitrogens is 2. The number of ether oxygens (including phenoxy) is 1. The van der Waals surface area contributed by atoms with Gasteiger partial charge in [0.25, 0.3) is 0 Å². The van der Waals surface area contributed by atoms with Gasteiger partial charge in [-0.25, -0.2) is 4.79 Å². The molecule has 0 amide bonds. The van der Waals surface area contributed by atoms with Crippen LogP contribution in [0.25, 0.3) is 22.4 Å². The number of nitrogens with zero attached hydrogens (tertiary/aromatic N) is 2. The van der Waals surface area contributed by atoms with E-state index in [0.717, 1.165) is 12.0 Å². The molecular weight excluding hydrogens is 408 g/mol. The molecular formula is C25H32N2O5. The van der Waals surface area contributed by atoms with Crippen molar-refractivity contribution in [1.82, 2.24) is 9.55 Å². The third-order valence-corrected chi connectivity index (χ3v) is 6.19. The molecule has 1 fully saturated rings. The van der Waals surface area contributed by atoms with Crippen molar-refractivity contribution in [1.29, 1.82) is 0 Å². The van der Waals surface area contributed by atoms with Crippen LogP contribution in [-0.4, -0.2) is 38.6 Å². The number of aliphatic hydroxyl groups is 2. The van der Waals surface area contributed by atoms with E-state index in [0.29, 0.717) is 11.1 Å². The first-order chi connectivity index (χ1) is 15.6. The van der Waals surface area contributed by atoms with Gasteiger partial charge in [-0.15, -0.1) is 0 Å². The van der Waals surface area contributed by atoms with E-state index >= 15 is 0 Å². The zero-order valence-electron chi connectivity index (χ0n) is 18.6. The maximum absolute atomic E-state index is 12.5. The number of hydrogen-bond donors (Lipinski definition) is 2. The Morgan fingerprint density at radius 2 is 1.88 bits per heavy atom. The first-order valence-electron chi connectivity index (χ1n) is 11.7. The van der Waals surface area contributed by atoms with Crippen LogP contribution in [0.5, 0.6) is 0 Å². The van der Waals surface area contributed by atoms with Gasteiger partial charge in [0.15, 0.2) is 0 Å². The Morgan fingerprint density at radius 3 is 2.59 bits per heavy atom. The number of hydrogen-bond acceptors (Lipinski definition) is 6. The highest BCUT2D eigenvalue weighted by atomic mass is 16.5. The number of fused-ring (bicyclic) bond motifs is 1. The third-order valence-electron chi connectivity index (χ3n) is 6.19. The predicted molar refractivity (Wildman–Crippen MR) is 122 cm³/mol. The third kappa shape index (κ3) is 5.11. The van der Waals surface area contributed by atoms with Crippen LogP contribution in [0, 0.1) is 0 Å². The second-order valence-electron chi connectivity index (χ2n) is 8.63. The maximum Gasteiger partial charge on any atom is 0.353 e. The molecule has 1 saturated heterocycles. The second-order valence-corrected chi connectivity index (χ2v) is 8.63. The van der Waals surface area contributed by atoms with Crippen molar-refractivity contribution in [3.63, 3.8) is 0 Å². The fourth-order valence-corrected chi connectivity index (χ4v) is 4.27.